The molecule has 2 aromatic heterocycles. The lowest BCUT2D eigenvalue weighted by Gasteiger charge is -2.26. The number of nitrogens with zero attached hydrogens (tertiary/aromatic N) is 5. The quantitative estimate of drug-likeness (QED) is 0.660. The fraction of sp³-hybridized carbons (Fsp3) is 0.333. The minimum atomic E-state index is 0.0307. The number of aromatic amines is 1. The van der Waals surface area contributed by atoms with Crippen LogP contribution in [0.1, 0.15) is 6.42 Å². The summed E-state index contributed by atoms with van der Waals surface area (Å²) in [4.78, 5) is 25.1. The van der Waals surface area contributed by atoms with Crippen LogP contribution in [0.25, 0.3) is 11.0 Å². The fourth-order valence-corrected chi connectivity index (χ4v) is 3.96. The van der Waals surface area contributed by atoms with Crippen molar-refractivity contribution in [3.8, 4) is 0 Å². The van der Waals surface area contributed by atoms with E-state index < -0.39 is 0 Å². The van der Waals surface area contributed by atoms with Crippen LogP contribution in [0.3, 0.4) is 0 Å². The van der Waals surface area contributed by atoms with E-state index in [0.29, 0.717) is 28.8 Å². The minimum absolute atomic E-state index is 0.0307. The summed E-state index contributed by atoms with van der Waals surface area (Å²) >= 11 is 12.0. The number of benzene rings is 1. The van der Waals surface area contributed by atoms with Crippen LogP contribution in [0.15, 0.2) is 30.7 Å². The van der Waals surface area contributed by atoms with E-state index in [1.807, 2.05) is 11.9 Å². The van der Waals surface area contributed by atoms with Gasteiger partial charge in [0.05, 0.1) is 18.1 Å². The van der Waals surface area contributed by atoms with Crippen molar-refractivity contribution < 1.29 is 4.79 Å². The Morgan fingerprint density at radius 2 is 2.11 bits per heavy atom. The van der Waals surface area contributed by atoms with Gasteiger partial charge in [0.15, 0.2) is 5.65 Å². The summed E-state index contributed by atoms with van der Waals surface area (Å²) in [6.45, 7) is 1.52. The maximum Gasteiger partial charge on any atom is 0.241 e. The largest absolute Gasteiger partial charge is 0.376 e. The zero-order valence-electron chi connectivity index (χ0n) is 15.2. The third-order valence-electron chi connectivity index (χ3n) is 4.93. The molecule has 3 aromatic rings. The Morgan fingerprint density at radius 1 is 1.32 bits per heavy atom. The molecule has 1 aliphatic heterocycles. The smallest absolute Gasteiger partial charge is 0.241 e. The molecule has 2 N–H and O–H groups in total. The molecule has 1 aliphatic rings. The highest BCUT2D eigenvalue weighted by atomic mass is 35.5. The number of carbonyl (C=O) groups excluding carboxylic acids is 1. The molecule has 0 bridgehead atoms. The number of amides is 1. The van der Waals surface area contributed by atoms with Gasteiger partial charge in [-0.3, -0.25) is 9.89 Å². The highest BCUT2D eigenvalue weighted by molar-refractivity contribution is 6.35. The van der Waals surface area contributed by atoms with Crippen LogP contribution < -0.4 is 10.2 Å². The number of hydrogen-bond acceptors (Lipinski definition) is 6. The highest BCUT2D eigenvalue weighted by Crippen LogP contribution is 2.26. The Balaban J connectivity index is 1.38. The van der Waals surface area contributed by atoms with Crippen molar-refractivity contribution in [2.24, 2.45) is 0 Å². The van der Waals surface area contributed by atoms with Crippen molar-refractivity contribution in [1.82, 2.24) is 25.1 Å². The van der Waals surface area contributed by atoms with Crippen molar-refractivity contribution in [2.75, 3.05) is 36.9 Å². The number of nitrogens with one attached hydrogen (secondary N) is 2. The zero-order chi connectivity index (χ0) is 19.7. The molecule has 1 atom stereocenters. The molecule has 3 heterocycles. The lowest BCUT2D eigenvalue weighted by molar-refractivity contribution is -0.128. The van der Waals surface area contributed by atoms with Gasteiger partial charge in [0.25, 0.3) is 0 Å². The number of fused-ring (bicyclic) bond motifs is 1. The Morgan fingerprint density at radius 3 is 2.89 bits per heavy atom. The lowest BCUT2D eigenvalue weighted by Crippen LogP contribution is -2.39. The number of halogens is 2. The first-order valence-corrected chi connectivity index (χ1v) is 9.61. The van der Waals surface area contributed by atoms with Gasteiger partial charge in [-0.05, 0) is 24.6 Å². The van der Waals surface area contributed by atoms with Gasteiger partial charge in [0.1, 0.15) is 12.1 Å². The average Bonchev–Trinajstić information content (AvgIpc) is 3.34. The lowest BCUT2D eigenvalue weighted by atomic mass is 10.2. The van der Waals surface area contributed by atoms with Crippen molar-refractivity contribution >= 4 is 51.6 Å². The summed E-state index contributed by atoms with van der Waals surface area (Å²) < 4.78 is 0. The number of anilines is 2. The average molecular weight is 420 g/mol. The molecule has 0 radical (unpaired) electrons. The number of H-pyrrole nitrogens is 1. The minimum Gasteiger partial charge on any atom is -0.376 e. The van der Waals surface area contributed by atoms with Crippen molar-refractivity contribution in [1.29, 1.82) is 0 Å². The number of likely N-dealkylation sites (tertiary alicyclic amines) is 1. The maximum atomic E-state index is 12.6. The molecule has 10 heteroatoms. The van der Waals surface area contributed by atoms with E-state index in [1.54, 1.807) is 24.4 Å². The number of hydrogen-bond donors (Lipinski definition) is 2. The van der Waals surface area contributed by atoms with E-state index in [2.05, 4.69) is 30.4 Å². The van der Waals surface area contributed by atoms with Crippen LogP contribution in [0.4, 0.5) is 11.5 Å². The molecule has 1 fully saturated rings. The molecule has 0 saturated carbocycles. The van der Waals surface area contributed by atoms with Gasteiger partial charge in [0.2, 0.25) is 5.91 Å². The first-order chi connectivity index (χ1) is 13.5. The first kappa shape index (κ1) is 18.8. The van der Waals surface area contributed by atoms with E-state index in [4.69, 9.17) is 23.2 Å². The molecule has 8 nitrogen and oxygen atoms in total. The normalized spacial score (nSPS) is 16.5. The molecule has 146 valence electrons. The van der Waals surface area contributed by atoms with E-state index >= 15 is 0 Å². The summed E-state index contributed by atoms with van der Waals surface area (Å²) in [5.74, 6) is 0.841. The Bertz CT molecular complexity index is 988. The number of carbonyl (C=O) groups is 1. The predicted octanol–water partition coefficient (Wildman–Crippen LogP) is 2.81. The van der Waals surface area contributed by atoms with Gasteiger partial charge in [-0.15, -0.1) is 0 Å². The van der Waals surface area contributed by atoms with Crippen LogP contribution in [0, 0.1) is 0 Å². The maximum absolute atomic E-state index is 12.6. The number of likely N-dealkylation sites (N-methyl/N-ethyl adjacent to an activating group) is 1. The van der Waals surface area contributed by atoms with E-state index in [0.717, 1.165) is 23.3 Å². The van der Waals surface area contributed by atoms with Crippen molar-refractivity contribution in [3.63, 3.8) is 0 Å². The second-order valence-electron chi connectivity index (χ2n) is 6.73. The Labute approximate surface area is 171 Å². The molecule has 4 rings (SSSR count). The predicted molar refractivity (Wildman–Crippen MR) is 110 cm³/mol. The van der Waals surface area contributed by atoms with Crippen molar-refractivity contribution in [3.05, 3.63) is 40.8 Å². The molecule has 1 aromatic carbocycles. The van der Waals surface area contributed by atoms with Gasteiger partial charge >= 0.3 is 0 Å². The molecular formula is C18H19Cl2N7O. The van der Waals surface area contributed by atoms with E-state index in [-0.39, 0.29) is 18.5 Å². The second-order valence-corrected chi connectivity index (χ2v) is 7.61. The van der Waals surface area contributed by atoms with Crippen LogP contribution in [0.2, 0.25) is 10.0 Å². The zero-order valence-corrected chi connectivity index (χ0v) is 16.7. The SMILES string of the molecule is CN(c1ncnc2[nH]ncc12)C1CCN(C(=O)CNc2cc(Cl)cc(Cl)c2)C1. The summed E-state index contributed by atoms with van der Waals surface area (Å²) in [6, 6.07) is 5.32. The van der Waals surface area contributed by atoms with Crippen molar-refractivity contribution in [2.45, 2.75) is 12.5 Å². The Kier molecular flexibility index (Phi) is 5.23. The summed E-state index contributed by atoms with van der Waals surface area (Å²) in [7, 11) is 1.99. The van der Waals surface area contributed by atoms with Gasteiger partial charge in [0, 0.05) is 41.9 Å². The Hall–Kier alpha value is -2.58. The van der Waals surface area contributed by atoms with Gasteiger partial charge in [-0.1, -0.05) is 23.2 Å². The van der Waals surface area contributed by atoms with Crippen LogP contribution in [-0.2, 0) is 4.79 Å². The number of rotatable bonds is 5. The second kappa shape index (κ2) is 7.81. The highest BCUT2D eigenvalue weighted by Gasteiger charge is 2.30. The van der Waals surface area contributed by atoms with Gasteiger partial charge in [-0.2, -0.15) is 5.10 Å². The van der Waals surface area contributed by atoms with Gasteiger partial charge < -0.3 is 15.1 Å². The van der Waals surface area contributed by atoms with E-state index in [1.165, 1.54) is 6.33 Å². The third kappa shape index (κ3) is 3.83. The molecule has 1 unspecified atom stereocenters. The molecule has 0 spiro atoms. The van der Waals surface area contributed by atoms with E-state index in [9.17, 15) is 4.79 Å². The first-order valence-electron chi connectivity index (χ1n) is 8.86. The van der Waals surface area contributed by atoms with Crippen LogP contribution in [0.5, 0.6) is 0 Å². The molecule has 0 aliphatic carbocycles. The summed E-state index contributed by atoms with van der Waals surface area (Å²) in [6.07, 6.45) is 4.11. The monoisotopic (exact) mass is 419 g/mol. The number of aromatic nitrogens is 4. The summed E-state index contributed by atoms with van der Waals surface area (Å²) in [5, 5.41) is 11.9. The fourth-order valence-electron chi connectivity index (χ4n) is 3.44. The third-order valence-corrected chi connectivity index (χ3v) is 5.37. The van der Waals surface area contributed by atoms with Gasteiger partial charge in [-0.25, -0.2) is 9.97 Å². The molecular weight excluding hydrogens is 401 g/mol. The topological polar surface area (TPSA) is 90.0 Å². The van der Waals surface area contributed by atoms with Crippen LogP contribution >= 0.6 is 23.2 Å². The molecule has 1 amide bonds. The van der Waals surface area contributed by atoms with Crippen LogP contribution in [-0.4, -0.2) is 63.7 Å². The summed E-state index contributed by atoms with van der Waals surface area (Å²) in [5.41, 5.74) is 1.43. The standard InChI is InChI=1S/C18H19Cl2N7O/c1-26(18-15-7-24-25-17(15)22-10-23-18)14-2-3-27(9-14)16(28)8-21-13-5-11(19)4-12(20)6-13/h4-7,10,14,21H,2-3,8-9H2,1H3,(H,22,23,24,25). The molecule has 1 saturated heterocycles. The molecule has 28 heavy (non-hydrogen) atoms.